The average Bonchev–Trinajstić information content (AvgIpc) is 3.18. The van der Waals surface area contributed by atoms with Crippen LogP contribution in [0.5, 0.6) is 0 Å². The average molecular weight is 374 g/mol. The van der Waals surface area contributed by atoms with Crippen molar-refractivity contribution in [3.05, 3.63) is 71.6 Å². The first kappa shape index (κ1) is 18.0. The second-order valence-electron chi connectivity index (χ2n) is 6.94. The molecule has 142 valence electrons. The van der Waals surface area contributed by atoms with Crippen LogP contribution < -0.4 is 5.32 Å². The van der Waals surface area contributed by atoms with E-state index in [0.29, 0.717) is 17.2 Å². The van der Waals surface area contributed by atoms with Crippen LogP contribution in [0, 0.1) is 13.8 Å². The molecule has 0 saturated carbocycles. The van der Waals surface area contributed by atoms with Crippen molar-refractivity contribution in [2.45, 2.75) is 32.7 Å². The maximum Gasteiger partial charge on any atom is 0.257 e. The highest BCUT2D eigenvalue weighted by atomic mass is 16.2. The third-order valence-corrected chi connectivity index (χ3v) is 4.85. The molecule has 3 aromatic rings. The molecular weight excluding hydrogens is 352 g/mol. The van der Waals surface area contributed by atoms with Gasteiger partial charge in [0.25, 0.3) is 5.91 Å². The van der Waals surface area contributed by atoms with Crippen LogP contribution in [0.3, 0.4) is 0 Å². The monoisotopic (exact) mass is 374 g/mol. The molecule has 4 heterocycles. The van der Waals surface area contributed by atoms with Crippen molar-refractivity contribution in [2.75, 3.05) is 11.9 Å². The van der Waals surface area contributed by atoms with Gasteiger partial charge >= 0.3 is 0 Å². The Bertz CT molecular complexity index is 988. The van der Waals surface area contributed by atoms with E-state index in [1.54, 1.807) is 18.6 Å². The van der Waals surface area contributed by atoms with Crippen LogP contribution in [0.4, 0.5) is 11.6 Å². The molecule has 0 unspecified atom stereocenters. The fourth-order valence-electron chi connectivity index (χ4n) is 3.49. The van der Waals surface area contributed by atoms with E-state index >= 15 is 0 Å². The number of nitrogens with zero attached hydrogens (tertiary/aromatic N) is 5. The molecule has 1 N–H and O–H groups in total. The minimum Gasteiger partial charge on any atom is -0.332 e. The molecule has 7 nitrogen and oxygen atoms in total. The lowest BCUT2D eigenvalue weighted by atomic mass is 10.1. The van der Waals surface area contributed by atoms with E-state index in [-0.39, 0.29) is 11.9 Å². The zero-order valence-electron chi connectivity index (χ0n) is 16.0. The molecule has 28 heavy (non-hydrogen) atoms. The first-order valence-electron chi connectivity index (χ1n) is 9.36. The quantitative estimate of drug-likeness (QED) is 0.751. The zero-order chi connectivity index (χ0) is 19.5. The summed E-state index contributed by atoms with van der Waals surface area (Å²) in [4.78, 5) is 32.0. The highest BCUT2D eigenvalue weighted by Gasteiger charge is 2.31. The molecule has 7 heteroatoms. The number of carbonyl (C=O) groups is 1. The highest BCUT2D eigenvalue weighted by Crippen LogP contribution is 2.33. The van der Waals surface area contributed by atoms with Gasteiger partial charge in [0.2, 0.25) is 0 Å². The molecule has 1 aliphatic heterocycles. The molecule has 0 bridgehead atoms. The third kappa shape index (κ3) is 3.83. The highest BCUT2D eigenvalue weighted by molar-refractivity contribution is 5.94. The SMILES string of the molecule is Cc1cccc(Nc2cc([C@@H]3CCCN3C(=O)c3cnc(C)nc3)ccn2)n1. The fraction of sp³-hybridized carbons (Fsp3) is 0.286. The predicted octanol–water partition coefficient (Wildman–Crippen LogP) is 3.60. The lowest BCUT2D eigenvalue weighted by molar-refractivity contribution is 0.0734. The van der Waals surface area contributed by atoms with Crippen LogP contribution >= 0.6 is 0 Å². The first-order chi connectivity index (χ1) is 13.6. The smallest absolute Gasteiger partial charge is 0.257 e. The number of pyridine rings is 2. The number of aryl methyl sites for hydroxylation is 2. The van der Waals surface area contributed by atoms with Crippen molar-refractivity contribution in [2.24, 2.45) is 0 Å². The van der Waals surface area contributed by atoms with Gasteiger partial charge in [-0.1, -0.05) is 6.07 Å². The summed E-state index contributed by atoms with van der Waals surface area (Å²) in [7, 11) is 0. The van der Waals surface area contributed by atoms with Crippen molar-refractivity contribution in [1.29, 1.82) is 0 Å². The summed E-state index contributed by atoms with van der Waals surface area (Å²) in [6.45, 7) is 4.48. The van der Waals surface area contributed by atoms with Crippen LogP contribution in [0.15, 0.2) is 48.9 Å². The summed E-state index contributed by atoms with van der Waals surface area (Å²) in [6.07, 6.45) is 6.85. The number of nitrogens with one attached hydrogen (secondary N) is 1. The van der Waals surface area contributed by atoms with E-state index in [0.717, 1.165) is 36.5 Å². The summed E-state index contributed by atoms with van der Waals surface area (Å²) < 4.78 is 0. The topological polar surface area (TPSA) is 83.9 Å². The van der Waals surface area contributed by atoms with Crippen molar-refractivity contribution >= 4 is 17.5 Å². The number of amides is 1. The van der Waals surface area contributed by atoms with Crippen LogP contribution in [-0.4, -0.2) is 37.3 Å². The number of hydrogen-bond acceptors (Lipinski definition) is 6. The van der Waals surface area contributed by atoms with E-state index in [9.17, 15) is 4.79 Å². The lowest BCUT2D eigenvalue weighted by Crippen LogP contribution is -2.30. The molecule has 1 atom stereocenters. The Kier molecular flexibility index (Phi) is 4.97. The van der Waals surface area contributed by atoms with Gasteiger partial charge in [-0.2, -0.15) is 0 Å². The second kappa shape index (κ2) is 7.72. The molecule has 0 radical (unpaired) electrons. The van der Waals surface area contributed by atoms with Gasteiger partial charge in [0, 0.05) is 30.8 Å². The van der Waals surface area contributed by atoms with Crippen LogP contribution in [0.25, 0.3) is 0 Å². The number of aromatic nitrogens is 4. The number of hydrogen-bond donors (Lipinski definition) is 1. The Labute approximate surface area is 163 Å². The molecule has 1 aliphatic rings. The molecule has 0 aliphatic carbocycles. The normalized spacial score (nSPS) is 16.2. The van der Waals surface area contributed by atoms with Crippen molar-refractivity contribution < 1.29 is 4.79 Å². The van der Waals surface area contributed by atoms with Gasteiger partial charge in [-0.3, -0.25) is 4.79 Å². The van der Waals surface area contributed by atoms with Gasteiger partial charge in [0.05, 0.1) is 11.6 Å². The fourth-order valence-corrected chi connectivity index (χ4v) is 3.49. The largest absolute Gasteiger partial charge is 0.332 e. The molecule has 0 aromatic carbocycles. The summed E-state index contributed by atoms with van der Waals surface area (Å²) in [5.74, 6) is 2.09. The molecule has 4 rings (SSSR count). The van der Waals surface area contributed by atoms with Gasteiger partial charge < -0.3 is 10.2 Å². The van der Waals surface area contributed by atoms with E-state index in [4.69, 9.17) is 0 Å². The Morgan fingerprint density at radius 2 is 1.93 bits per heavy atom. The molecule has 1 fully saturated rings. The third-order valence-electron chi connectivity index (χ3n) is 4.85. The van der Waals surface area contributed by atoms with Crippen LogP contribution in [-0.2, 0) is 0 Å². The molecule has 3 aromatic heterocycles. The Balaban J connectivity index is 1.56. The predicted molar refractivity (Wildman–Crippen MR) is 106 cm³/mol. The summed E-state index contributed by atoms with van der Waals surface area (Å²) in [5, 5.41) is 3.24. The number of anilines is 2. The van der Waals surface area contributed by atoms with Gasteiger partial charge in [-0.05, 0) is 56.5 Å². The van der Waals surface area contributed by atoms with Crippen molar-refractivity contribution in [1.82, 2.24) is 24.8 Å². The molecular formula is C21H22N6O. The van der Waals surface area contributed by atoms with E-state index in [1.165, 1.54) is 0 Å². The van der Waals surface area contributed by atoms with Crippen molar-refractivity contribution in [3.63, 3.8) is 0 Å². The van der Waals surface area contributed by atoms with Gasteiger partial charge in [-0.25, -0.2) is 19.9 Å². The van der Waals surface area contributed by atoms with Gasteiger partial charge in [0.15, 0.2) is 0 Å². The Morgan fingerprint density at radius 3 is 2.71 bits per heavy atom. The lowest BCUT2D eigenvalue weighted by Gasteiger charge is -2.25. The Hall–Kier alpha value is -3.35. The standard InChI is InChI=1S/C21H22N6O/c1-14-5-3-7-19(25-14)26-20-11-16(8-9-22-20)18-6-4-10-27(18)21(28)17-12-23-15(2)24-13-17/h3,5,7-9,11-13,18H,4,6,10H2,1-2H3,(H,22,25,26)/t18-/m0/s1. The summed E-state index contributed by atoms with van der Waals surface area (Å²) in [6, 6.07) is 9.79. The van der Waals surface area contributed by atoms with E-state index < -0.39 is 0 Å². The van der Waals surface area contributed by atoms with E-state index in [1.807, 2.05) is 49.1 Å². The molecule has 1 saturated heterocycles. The first-order valence-corrected chi connectivity index (χ1v) is 9.36. The maximum atomic E-state index is 13.0. The minimum absolute atomic E-state index is 0.0165. The minimum atomic E-state index is -0.0332. The zero-order valence-corrected chi connectivity index (χ0v) is 16.0. The number of carbonyl (C=O) groups excluding carboxylic acids is 1. The number of likely N-dealkylation sites (tertiary alicyclic amines) is 1. The second-order valence-corrected chi connectivity index (χ2v) is 6.94. The number of rotatable bonds is 4. The van der Waals surface area contributed by atoms with Gasteiger partial charge in [0.1, 0.15) is 17.5 Å². The van der Waals surface area contributed by atoms with Gasteiger partial charge in [-0.15, -0.1) is 0 Å². The van der Waals surface area contributed by atoms with Crippen LogP contribution in [0.1, 0.15) is 46.3 Å². The Morgan fingerprint density at radius 1 is 1.11 bits per heavy atom. The summed E-state index contributed by atoms with van der Waals surface area (Å²) in [5.41, 5.74) is 2.52. The maximum absolute atomic E-state index is 13.0. The summed E-state index contributed by atoms with van der Waals surface area (Å²) >= 11 is 0. The van der Waals surface area contributed by atoms with Crippen molar-refractivity contribution in [3.8, 4) is 0 Å². The van der Waals surface area contributed by atoms with E-state index in [2.05, 4.69) is 25.3 Å². The molecule has 0 spiro atoms. The molecule has 1 amide bonds. The van der Waals surface area contributed by atoms with Crippen LogP contribution in [0.2, 0.25) is 0 Å².